The molecule has 0 radical (unpaired) electrons. The molecular formula is C20H22FN3O3S. The molecule has 2 atom stereocenters. The first-order chi connectivity index (χ1) is 13.3. The first-order valence-corrected chi connectivity index (χ1v) is 10.1. The van der Waals surface area contributed by atoms with Crippen LogP contribution in [0.4, 0.5) is 4.39 Å². The largest absolute Gasteiger partial charge is 0.481 e. The van der Waals surface area contributed by atoms with Crippen molar-refractivity contribution in [1.82, 2.24) is 15.1 Å². The van der Waals surface area contributed by atoms with Gasteiger partial charge in [-0.05, 0) is 44.5 Å². The molecule has 0 fully saturated rings. The van der Waals surface area contributed by atoms with E-state index in [9.17, 15) is 14.0 Å². The number of carbonyl (C=O) groups excluding carboxylic acids is 1. The number of benzene rings is 1. The SMILES string of the molecule is Cc1nn(-c2ccc(F)cc2)c(C)c1[C@@H]1C=C[C@@H](NC(=O)CSCC(=O)O)C1. The summed E-state index contributed by atoms with van der Waals surface area (Å²) in [7, 11) is 0. The molecule has 2 aromatic rings. The summed E-state index contributed by atoms with van der Waals surface area (Å²) in [5.74, 6) is -1.21. The van der Waals surface area contributed by atoms with Gasteiger partial charge in [-0.25, -0.2) is 9.07 Å². The van der Waals surface area contributed by atoms with E-state index in [4.69, 9.17) is 5.11 Å². The molecule has 1 aliphatic rings. The van der Waals surface area contributed by atoms with Crippen LogP contribution in [0, 0.1) is 19.7 Å². The third kappa shape index (κ3) is 4.62. The fourth-order valence-corrected chi connectivity index (χ4v) is 4.07. The molecule has 8 heteroatoms. The summed E-state index contributed by atoms with van der Waals surface area (Å²) < 4.78 is 15.0. The Morgan fingerprint density at radius 3 is 2.64 bits per heavy atom. The van der Waals surface area contributed by atoms with Crippen LogP contribution in [-0.4, -0.2) is 44.3 Å². The minimum atomic E-state index is -0.928. The Labute approximate surface area is 166 Å². The highest BCUT2D eigenvalue weighted by atomic mass is 32.2. The Kier molecular flexibility index (Phi) is 6.18. The average molecular weight is 403 g/mol. The lowest BCUT2D eigenvalue weighted by Gasteiger charge is -2.14. The highest BCUT2D eigenvalue weighted by Gasteiger charge is 2.27. The van der Waals surface area contributed by atoms with Gasteiger partial charge in [-0.15, -0.1) is 11.8 Å². The highest BCUT2D eigenvalue weighted by Crippen LogP contribution is 2.33. The van der Waals surface area contributed by atoms with Crippen molar-refractivity contribution in [2.75, 3.05) is 11.5 Å². The van der Waals surface area contributed by atoms with E-state index >= 15 is 0 Å². The van der Waals surface area contributed by atoms with Gasteiger partial charge in [0.25, 0.3) is 0 Å². The number of carbonyl (C=O) groups is 2. The van der Waals surface area contributed by atoms with Gasteiger partial charge in [0.2, 0.25) is 5.91 Å². The zero-order valence-electron chi connectivity index (χ0n) is 15.7. The minimum absolute atomic E-state index is 0.0858. The number of nitrogens with zero attached hydrogens (tertiary/aromatic N) is 2. The summed E-state index contributed by atoms with van der Waals surface area (Å²) in [6, 6.07) is 6.13. The van der Waals surface area contributed by atoms with Gasteiger partial charge >= 0.3 is 5.97 Å². The number of halogens is 1. The van der Waals surface area contributed by atoms with Crippen LogP contribution in [0.25, 0.3) is 5.69 Å². The van der Waals surface area contributed by atoms with Crippen LogP contribution in [-0.2, 0) is 9.59 Å². The smallest absolute Gasteiger partial charge is 0.313 e. The van der Waals surface area contributed by atoms with E-state index in [2.05, 4.69) is 16.5 Å². The van der Waals surface area contributed by atoms with Gasteiger partial charge in [-0.3, -0.25) is 9.59 Å². The molecule has 1 aromatic heterocycles. The standard InChI is InChI=1S/C20H22FN3O3S/c1-12-20(13(2)24(23-12)17-7-4-15(21)5-8-17)14-3-6-16(9-14)22-18(25)10-28-11-19(26)27/h3-8,14,16H,9-11H2,1-2H3,(H,22,25)(H,26,27)/t14-,16-/m1/s1. The van der Waals surface area contributed by atoms with Crippen molar-refractivity contribution >= 4 is 23.6 Å². The number of rotatable bonds is 7. The first-order valence-electron chi connectivity index (χ1n) is 8.94. The molecule has 1 aromatic carbocycles. The summed E-state index contributed by atoms with van der Waals surface area (Å²) >= 11 is 1.08. The molecule has 0 aliphatic heterocycles. The van der Waals surface area contributed by atoms with Crippen molar-refractivity contribution in [3.8, 4) is 5.69 Å². The predicted octanol–water partition coefficient (Wildman–Crippen LogP) is 2.97. The number of nitrogens with one attached hydrogen (secondary N) is 1. The molecule has 1 heterocycles. The van der Waals surface area contributed by atoms with Gasteiger partial charge in [0.15, 0.2) is 0 Å². The fraction of sp³-hybridized carbons (Fsp3) is 0.350. The lowest BCUT2D eigenvalue weighted by molar-refractivity contribution is -0.133. The molecule has 1 amide bonds. The normalized spacial score (nSPS) is 18.4. The molecule has 0 bridgehead atoms. The Hall–Kier alpha value is -2.61. The van der Waals surface area contributed by atoms with E-state index in [1.165, 1.54) is 12.1 Å². The van der Waals surface area contributed by atoms with Gasteiger partial charge < -0.3 is 10.4 Å². The average Bonchev–Trinajstić information content (AvgIpc) is 3.19. The van der Waals surface area contributed by atoms with Gasteiger partial charge in [0, 0.05) is 23.2 Å². The minimum Gasteiger partial charge on any atom is -0.481 e. The number of hydrogen-bond donors (Lipinski definition) is 2. The number of carboxylic acid groups (broad SMARTS) is 1. The Morgan fingerprint density at radius 1 is 1.25 bits per heavy atom. The third-order valence-corrected chi connectivity index (χ3v) is 5.60. The van der Waals surface area contributed by atoms with Crippen molar-refractivity contribution in [3.05, 3.63) is 59.2 Å². The maximum absolute atomic E-state index is 13.2. The molecule has 0 unspecified atom stereocenters. The monoisotopic (exact) mass is 403 g/mol. The molecule has 0 saturated heterocycles. The molecule has 6 nitrogen and oxygen atoms in total. The first kappa shape index (κ1) is 20.1. The summed E-state index contributed by atoms with van der Waals surface area (Å²) in [5, 5.41) is 16.2. The summed E-state index contributed by atoms with van der Waals surface area (Å²) in [4.78, 5) is 22.5. The summed E-state index contributed by atoms with van der Waals surface area (Å²) in [6.45, 7) is 3.94. The van der Waals surface area contributed by atoms with Crippen LogP contribution in [0.1, 0.15) is 29.3 Å². The second kappa shape index (κ2) is 8.60. The number of aromatic nitrogens is 2. The number of aryl methyl sites for hydroxylation is 1. The number of thioether (sulfide) groups is 1. The van der Waals surface area contributed by atoms with Crippen LogP contribution >= 0.6 is 11.8 Å². The third-order valence-electron chi connectivity index (χ3n) is 4.68. The summed E-state index contributed by atoms with van der Waals surface area (Å²) in [6.07, 6.45) is 4.77. The van der Waals surface area contributed by atoms with Gasteiger partial charge in [0.1, 0.15) is 5.82 Å². The molecule has 2 N–H and O–H groups in total. The van der Waals surface area contributed by atoms with E-state index in [0.717, 1.165) is 40.8 Å². The number of aliphatic carboxylic acids is 1. The van der Waals surface area contributed by atoms with Crippen molar-refractivity contribution in [2.24, 2.45) is 0 Å². The second-order valence-electron chi connectivity index (χ2n) is 6.76. The second-order valence-corrected chi connectivity index (χ2v) is 7.75. The quantitative estimate of drug-likeness (QED) is 0.695. The molecule has 28 heavy (non-hydrogen) atoms. The van der Waals surface area contributed by atoms with Crippen molar-refractivity contribution < 1.29 is 19.1 Å². The topological polar surface area (TPSA) is 84.2 Å². The lowest BCUT2D eigenvalue weighted by Crippen LogP contribution is -2.34. The maximum atomic E-state index is 13.2. The van der Waals surface area contributed by atoms with Gasteiger partial charge in [0.05, 0.1) is 22.9 Å². The van der Waals surface area contributed by atoms with Gasteiger partial charge in [-0.2, -0.15) is 5.10 Å². The van der Waals surface area contributed by atoms with Crippen molar-refractivity contribution in [3.63, 3.8) is 0 Å². The van der Waals surface area contributed by atoms with E-state index < -0.39 is 5.97 Å². The number of allylic oxidation sites excluding steroid dienone is 1. The van der Waals surface area contributed by atoms with Crippen LogP contribution in [0.5, 0.6) is 0 Å². The Morgan fingerprint density at radius 2 is 1.96 bits per heavy atom. The number of hydrogen-bond acceptors (Lipinski definition) is 4. The lowest BCUT2D eigenvalue weighted by atomic mass is 9.96. The molecular weight excluding hydrogens is 381 g/mol. The molecule has 3 rings (SSSR count). The fourth-order valence-electron chi connectivity index (χ4n) is 3.52. The van der Waals surface area contributed by atoms with Crippen molar-refractivity contribution in [1.29, 1.82) is 0 Å². The van der Waals surface area contributed by atoms with Gasteiger partial charge in [-0.1, -0.05) is 12.2 Å². The molecule has 148 valence electrons. The molecule has 0 saturated carbocycles. The molecule has 0 spiro atoms. The van der Waals surface area contributed by atoms with Crippen molar-refractivity contribution in [2.45, 2.75) is 32.2 Å². The Bertz CT molecular complexity index is 908. The van der Waals surface area contributed by atoms with Crippen LogP contribution < -0.4 is 5.32 Å². The summed E-state index contributed by atoms with van der Waals surface area (Å²) in [5.41, 5.74) is 3.80. The van der Waals surface area contributed by atoms with E-state index in [-0.39, 0.29) is 35.2 Å². The number of carboxylic acids is 1. The Balaban J connectivity index is 1.66. The van der Waals surface area contributed by atoms with Crippen LogP contribution in [0.3, 0.4) is 0 Å². The van der Waals surface area contributed by atoms with Crippen LogP contribution in [0.15, 0.2) is 36.4 Å². The predicted molar refractivity (Wildman–Crippen MR) is 106 cm³/mol. The van der Waals surface area contributed by atoms with Crippen LogP contribution in [0.2, 0.25) is 0 Å². The number of amides is 1. The van der Waals surface area contributed by atoms with E-state index in [1.807, 2.05) is 24.6 Å². The highest BCUT2D eigenvalue weighted by molar-refractivity contribution is 8.00. The van der Waals surface area contributed by atoms with E-state index in [1.54, 1.807) is 12.1 Å². The maximum Gasteiger partial charge on any atom is 0.313 e. The zero-order valence-corrected chi connectivity index (χ0v) is 16.5. The zero-order chi connectivity index (χ0) is 20.3. The molecule has 1 aliphatic carbocycles. The van der Waals surface area contributed by atoms with E-state index in [0.29, 0.717) is 0 Å².